The summed E-state index contributed by atoms with van der Waals surface area (Å²) in [7, 11) is 1.28. The molecule has 1 heterocycles. The van der Waals surface area contributed by atoms with Crippen molar-refractivity contribution in [2.24, 2.45) is 5.92 Å². The summed E-state index contributed by atoms with van der Waals surface area (Å²) in [5, 5.41) is 0. The van der Waals surface area contributed by atoms with Gasteiger partial charge in [0.1, 0.15) is 11.7 Å². The highest BCUT2D eigenvalue weighted by atomic mass is 16.5. The van der Waals surface area contributed by atoms with Gasteiger partial charge >= 0.3 is 5.97 Å². The molecule has 0 unspecified atom stereocenters. The average Bonchev–Trinajstić information content (AvgIpc) is 2.26. The molecule has 0 aromatic carbocycles. The minimum atomic E-state index is -0.723. The molecule has 4 heteroatoms. The Balaban J connectivity index is 2.76. The largest absolute Gasteiger partial charge is 0.468 e. The maximum absolute atomic E-state index is 11.3. The van der Waals surface area contributed by atoms with Crippen molar-refractivity contribution < 1.29 is 14.3 Å². The number of carbonyl (C=O) groups is 2. The van der Waals surface area contributed by atoms with Gasteiger partial charge in [-0.2, -0.15) is 0 Å². The predicted molar refractivity (Wildman–Crippen MR) is 54.1 cm³/mol. The number of methoxy groups -OCH3 is 1. The summed E-state index contributed by atoms with van der Waals surface area (Å²) in [5.41, 5.74) is 0.850. The minimum Gasteiger partial charge on any atom is -0.468 e. The molecule has 0 saturated carbocycles. The molecule has 15 heavy (non-hydrogen) atoms. The Morgan fingerprint density at radius 2 is 2.27 bits per heavy atom. The van der Waals surface area contributed by atoms with E-state index in [1.807, 2.05) is 6.07 Å². The van der Waals surface area contributed by atoms with Gasteiger partial charge in [-0.05, 0) is 25.0 Å². The lowest BCUT2D eigenvalue weighted by Crippen LogP contribution is -2.25. The van der Waals surface area contributed by atoms with E-state index in [0.717, 1.165) is 5.56 Å². The molecule has 1 atom stereocenters. The number of hydrogen-bond donors (Lipinski definition) is 0. The number of rotatable bonds is 4. The van der Waals surface area contributed by atoms with E-state index < -0.39 is 11.9 Å². The molecule has 0 spiro atoms. The Morgan fingerprint density at radius 3 is 2.73 bits per heavy atom. The third-order valence-electron chi connectivity index (χ3n) is 2.14. The molecule has 0 aliphatic rings. The van der Waals surface area contributed by atoms with Crippen molar-refractivity contribution in [3.05, 3.63) is 30.1 Å². The van der Waals surface area contributed by atoms with E-state index in [1.54, 1.807) is 18.5 Å². The molecule has 0 radical (unpaired) electrons. The van der Waals surface area contributed by atoms with Crippen LogP contribution in [0.3, 0.4) is 0 Å². The number of pyridine rings is 1. The number of ether oxygens (including phenoxy) is 1. The Morgan fingerprint density at radius 1 is 1.53 bits per heavy atom. The first-order valence-electron chi connectivity index (χ1n) is 4.62. The first kappa shape index (κ1) is 11.4. The third kappa shape index (κ3) is 3.16. The minimum absolute atomic E-state index is 0.189. The fourth-order valence-corrected chi connectivity index (χ4v) is 1.29. The molecule has 0 aliphatic heterocycles. The van der Waals surface area contributed by atoms with Crippen LogP contribution in [0.25, 0.3) is 0 Å². The number of nitrogens with zero attached hydrogens (tertiary/aromatic N) is 1. The van der Waals surface area contributed by atoms with Gasteiger partial charge in [-0.1, -0.05) is 6.07 Å². The topological polar surface area (TPSA) is 56.3 Å². The van der Waals surface area contributed by atoms with Crippen molar-refractivity contribution >= 4 is 11.8 Å². The van der Waals surface area contributed by atoms with Crippen LogP contribution < -0.4 is 0 Å². The van der Waals surface area contributed by atoms with E-state index in [2.05, 4.69) is 9.72 Å². The second-order valence-electron chi connectivity index (χ2n) is 3.25. The van der Waals surface area contributed by atoms with E-state index in [4.69, 9.17) is 0 Å². The van der Waals surface area contributed by atoms with Gasteiger partial charge in [-0.3, -0.25) is 14.6 Å². The normalized spacial score (nSPS) is 11.9. The molecule has 0 saturated heterocycles. The van der Waals surface area contributed by atoms with Crippen LogP contribution in [0.15, 0.2) is 24.5 Å². The van der Waals surface area contributed by atoms with Crippen LogP contribution in [0.4, 0.5) is 0 Å². The highest BCUT2D eigenvalue weighted by Crippen LogP contribution is 2.10. The molecule has 80 valence electrons. The van der Waals surface area contributed by atoms with Gasteiger partial charge in [-0.15, -0.1) is 0 Å². The molecule has 0 N–H and O–H groups in total. The lowest BCUT2D eigenvalue weighted by molar-refractivity contribution is -0.148. The molecular formula is C11H13NO3. The Kier molecular flexibility index (Phi) is 3.97. The molecule has 0 aliphatic carbocycles. The second kappa shape index (κ2) is 5.24. The quantitative estimate of drug-likeness (QED) is 0.546. The van der Waals surface area contributed by atoms with Crippen LogP contribution >= 0.6 is 0 Å². The number of carbonyl (C=O) groups excluding carboxylic acids is 2. The number of aromatic nitrogens is 1. The van der Waals surface area contributed by atoms with Crippen LogP contribution in [0, 0.1) is 5.92 Å². The molecule has 0 bridgehead atoms. The van der Waals surface area contributed by atoms with Gasteiger partial charge in [0.25, 0.3) is 0 Å². The van der Waals surface area contributed by atoms with Gasteiger partial charge in [0.2, 0.25) is 0 Å². The number of esters is 1. The highest BCUT2D eigenvalue weighted by molar-refractivity contribution is 5.97. The van der Waals surface area contributed by atoms with Gasteiger partial charge in [-0.25, -0.2) is 0 Å². The van der Waals surface area contributed by atoms with Crippen LogP contribution in [-0.2, 0) is 20.7 Å². The standard InChI is InChI=1S/C11H13NO3/c1-8(13)10(11(14)15-2)6-9-4-3-5-12-7-9/h3-5,7,10H,6H2,1-2H3/t10-/m1/s1. The van der Waals surface area contributed by atoms with E-state index in [9.17, 15) is 9.59 Å². The van der Waals surface area contributed by atoms with Gasteiger partial charge in [0.15, 0.2) is 0 Å². The predicted octanol–water partition coefficient (Wildman–Crippen LogP) is 1.00. The van der Waals surface area contributed by atoms with Crippen LogP contribution in [0.5, 0.6) is 0 Å². The van der Waals surface area contributed by atoms with Crippen LogP contribution in [0.2, 0.25) is 0 Å². The zero-order chi connectivity index (χ0) is 11.3. The molecule has 0 fully saturated rings. The molecular weight excluding hydrogens is 194 g/mol. The van der Waals surface area contributed by atoms with Crippen molar-refractivity contribution in [2.45, 2.75) is 13.3 Å². The van der Waals surface area contributed by atoms with Crippen molar-refractivity contribution in [1.29, 1.82) is 0 Å². The van der Waals surface area contributed by atoms with Crippen LogP contribution in [-0.4, -0.2) is 23.8 Å². The molecule has 1 aromatic rings. The fraction of sp³-hybridized carbons (Fsp3) is 0.364. The summed E-state index contributed by atoms with van der Waals surface area (Å²) in [6.45, 7) is 1.39. The Bertz CT molecular complexity index is 348. The summed E-state index contributed by atoms with van der Waals surface area (Å²) in [5.74, 6) is -1.41. The second-order valence-corrected chi connectivity index (χ2v) is 3.25. The number of Topliss-reactive ketones (excluding diaryl/α,β-unsaturated/α-hetero) is 1. The van der Waals surface area contributed by atoms with E-state index in [-0.39, 0.29) is 5.78 Å². The summed E-state index contributed by atoms with van der Waals surface area (Å²) < 4.78 is 4.57. The SMILES string of the molecule is COC(=O)[C@H](Cc1cccnc1)C(C)=O. The third-order valence-corrected chi connectivity index (χ3v) is 2.14. The van der Waals surface area contributed by atoms with Crippen molar-refractivity contribution in [3.8, 4) is 0 Å². The molecule has 0 amide bonds. The molecule has 1 aromatic heterocycles. The van der Waals surface area contributed by atoms with Crippen LogP contribution in [0.1, 0.15) is 12.5 Å². The highest BCUT2D eigenvalue weighted by Gasteiger charge is 2.24. The average molecular weight is 207 g/mol. The van der Waals surface area contributed by atoms with Gasteiger partial charge in [0.05, 0.1) is 7.11 Å². The maximum Gasteiger partial charge on any atom is 0.316 e. The lowest BCUT2D eigenvalue weighted by atomic mass is 9.97. The van der Waals surface area contributed by atoms with E-state index in [0.29, 0.717) is 6.42 Å². The van der Waals surface area contributed by atoms with Crippen molar-refractivity contribution in [1.82, 2.24) is 4.98 Å². The van der Waals surface area contributed by atoms with Crippen molar-refractivity contribution in [3.63, 3.8) is 0 Å². The van der Waals surface area contributed by atoms with E-state index in [1.165, 1.54) is 14.0 Å². The summed E-state index contributed by atoms with van der Waals surface area (Å²) in [6.07, 6.45) is 3.62. The number of ketones is 1. The molecule has 1 rings (SSSR count). The summed E-state index contributed by atoms with van der Waals surface area (Å²) in [6, 6.07) is 3.59. The monoisotopic (exact) mass is 207 g/mol. The Hall–Kier alpha value is -1.71. The fourth-order valence-electron chi connectivity index (χ4n) is 1.29. The summed E-state index contributed by atoms with van der Waals surface area (Å²) in [4.78, 5) is 26.4. The Labute approximate surface area is 88.3 Å². The first-order valence-corrected chi connectivity index (χ1v) is 4.62. The van der Waals surface area contributed by atoms with Crippen molar-refractivity contribution in [2.75, 3.05) is 7.11 Å². The zero-order valence-electron chi connectivity index (χ0n) is 8.77. The molecule has 4 nitrogen and oxygen atoms in total. The smallest absolute Gasteiger partial charge is 0.316 e. The zero-order valence-corrected chi connectivity index (χ0v) is 8.77. The first-order chi connectivity index (χ1) is 7.15. The summed E-state index contributed by atoms with van der Waals surface area (Å²) >= 11 is 0. The van der Waals surface area contributed by atoms with Gasteiger partial charge in [0, 0.05) is 12.4 Å². The lowest BCUT2D eigenvalue weighted by Gasteiger charge is -2.10. The number of hydrogen-bond acceptors (Lipinski definition) is 4. The van der Waals surface area contributed by atoms with E-state index >= 15 is 0 Å². The van der Waals surface area contributed by atoms with Gasteiger partial charge < -0.3 is 4.74 Å². The maximum atomic E-state index is 11.3.